The molecule has 0 aliphatic rings. The van der Waals surface area contributed by atoms with Gasteiger partial charge in [-0.25, -0.2) is 14.3 Å². The van der Waals surface area contributed by atoms with Crippen molar-refractivity contribution in [1.82, 2.24) is 19.6 Å². The molecule has 88 valence electrons. The van der Waals surface area contributed by atoms with Crippen LogP contribution in [0.5, 0.6) is 0 Å². The topological polar surface area (TPSA) is 107 Å². The Bertz CT molecular complexity index is 943. The van der Waals surface area contributed by atoms with Crippen LogP contribution in [0.4, 0.5) is 0 Å². The van der Waals surface area contributed by atoms with E-state index in [1.54, 1.807) is 6.07 Å². The first-order chi connectivity index (χ1) is 8.63. The number of aromatic nitrogens is 4. The lowest BCUT2D eigenvalue weighted by atomic mass is 10.2. The van der Waals surface area contributed by atoms with Crippen LogP contribution in [0.2, 0.25) is 5.02 Å². The van der Waals surface area contributed by atoms with Crippen molar-refractivity contribution in [2.75, 3.05) is 0 Å². The van der Waals surface area contributed by atoms with Crippen molar-refractivity contribution in [2.24, 2.45) is 0 Å². The van der Waals surface area contributed by atoms with Crippen LogP contribution in [0.25, 0.3) is 16.7 Å². The predicted octanol–water partition coefficient (Wildman–Crippen LogP) is 0.389. The largest absolute Gasteiger partial charge is 0.348 e. The van der Waals surface area contributed by atoms with Crippen molar-refractivity contribution in [3.8, 4) is 6.07 Å². The lowest BCUT2D eigenvalue weighted by Crippen LogP contribution is -2.17. The Morgan fingerprint density at radius 2 is 2.17 bits per heavy atom. The minimum Gasteiger partial charge on any atom is -0.316 e. The van der Waals surface area contributed by atoms with Crippen LogP contribution in [0.1, 0.15) is 5.56 Å². The van der Waals surface area contributed by atoms with E-state index in [2.05, 4.69) is 15.2 Å². The maximum absolute atomic E-state index is 11.7. The van der Waals surface area contributed by atoms with Crippen molar-refractivity contribution in [3.05, 3.63) is 43.6 Å². The van der Waals surface area contributed by atoms with Crippen molar-refractivity contribution in [3.63, 3.8) is 0 Å². The first kappa shape index (κ1) is 10.6. The molecule has 7 nitrogen and oxygen atoms in total. The van der Waals surface area contributed by atoms with E-state index in [1.807, 2.05) is 6.07 Å². The highest BCUT2D eigenvalue weighted by Gasteiger charge is 2.13. The quantitative estimate of drug-likeness (QED) is 0.610. The summed E-state index contributed by atoms with van der Waals surface area (Å²) in [4.78, 5) is 25.8. The molecule has 0 spiro atoms. The average molecular weight is 262 g/mol. The molecule has 0 aliphatic heterocycles. The highest BCUT2D eigenvalue weighted by molar-refractivity contribution is 6.32. The second-order valence-corrected chi connectivity index (χ2v) is 3.98. The van der Waals surface area contributed by atoms with Gasteiger partial charge in [0.25, 0.3) is 5.56 Å². The summed E-state index contributed by atoms with van der Waals surface area (Å²) in [6.07, 6.45) is 0. The minimum absolute atomic E-state index is 0.0567. The molecule has 0 aliphatic carbocycles. The maximum Gasteiger partial charge on any atom is 0.348 e. The van der Waals surface area contributed by atoms with Crippen LogP contribution in [-0.2, 0) is 0 Å². The lowest BCUT2D eigenvalue weighted by Gasteiger charge is -2.03. The van der Waals surface area contributed by atoms with Crippen LogP contribution >= 0.6 is 11.6 Å². The molecule has 0 amide bonds. The van der Waals surface area contributed by atoms with Crippen molar-refractivity contribution in [2.45, 2.75) is 0 Å². The number of hydrogen-bond acceptors (Lipinski definition) is 4. The molecule has 18 heavy (non-hydrogen) atoms. The monoisotopic (exact) mass is 261 g/mol. The number of H-pyrrole nitrogens is 2. The van der Waals surface area contributed by atoms with Crippen molar-refractivity contribution < 1.29 is 0 Å². The van der Waals surface area contributed by atoms with Gasteiger partial charge in [-0.05, 0) is 12.1 Å². The van der Waals surface area contributed by atoms with Gasteiger partial charge >= 0.3 is 5.69 Å². The van der Waals surface area contributed by atoms with Gasteiger partial charge in [-0.3, -0.25) is 4.79 Å². The highest BCUT2D eigenvalue weighted by atomic mass is 35.5. The Hall–Kier alpha value is -2.59. The molecule has 2 heterocycles. The number of rotatable bonds is 0. The number of nitrogens with one attached hydrogen (secondary N) is 2. The molecule has 8 heteroatoms. The number of nitrogens with zero attached hydrogens (tertiary/aromatic N) is 3. The van der Waals surface area contributed by atoms with Gasteiger partial charge in [0, 0.05) is 0 Å². The van der Waals surface area contributed by atoms with E-state index in [0.717, 1.165) is 4.40 Å². The summed E-state index contributed by atoms with van der Waals surface area (Å²) in [6, 6.07) is 4.92. The number of nitriles is 1. The van der Waals surface area contributed by atoms with Gasteiger partial charge in [0.2, 0.25) is 5.65 Å². The van der Waals surface area contributed by atoms with Crippen LogP contribution in [0, 0.1) is 11.3 Å². The Balaban J connectivity index is 2.75. The smallest absolute Gasteiger partial charge is 0.316 e. The zero-order valence-corrected chi connectivity index (χ0v) is 9.45. The summed E-state index contributed by atoms with van der Waals surface area (Å²) in [6.45, 7) is 0. The summed E-state index contributed by atoms with van der Waals surface area (Å²) in [5.74, 6) is 0. The third-order valence-electron chi connectivity index (χ3n) is 2.60. The molecule has 0 saturated carbocycles. The zero-order chi connectivity index (χ0) is 12.9. The first-order valence-electron chi connectivity index (χ1n) is 4.85. The Morgan fingerprint density at radius 3 is 2.89 bits per heavy atom. The minimum atomic E-state index is -0.570. The standard InChI is InChI=1S/C10H4ClN5O2/c11-5-1-2-6-7(4(5)3-12)13-9(17)8-14-15-10(18)16(6)8/h1-2H,(H,13,17)(H,15,18). The fourth-order valence-corrected chi connectivity index (χ4v) is 2.03. The van der Waals surface area contributed by atoms with Gasteiger partial charge in [-0.15, -0.1) is 5.10 Å². The van der Waals surface area contributed by atoms with Crippen LogP contribution in [0.3, 0.4) is 0 Å². The molecule has 0 unspecified atom stereocenters. The van der Waals surface area contributed by atoms with E-state index in [4.69, 9.17) is 16.9 Å². The van der Waals surface area contributed by atoms with Crippen LogP contribution in [0.15, 0.2) is 21.7 Å². The SMILES string of the molecule is N#Cc1c(Cl)ccc2c1[nH]c(=O)c1n[nH]c(=O)n12. The van der Waals surface area contributed by atoms with Crippen molar-refractivity contribution >= 4 is 28.3 Å². The third-order valence-corrected chi connectivity index (χ3v) is 2.91. The molecule has 3 aromatic rings. The molecule has 2 N–H and O–H groups in total. The van der Waals surface area contributed by atoms with Crippen LogP contribution < -0.4 is 11.2 Å². The molecule has 0 radical (unpaired) electrons. The highest BCUT2D eigenvalue weighted by Crippen LogP contribution is 2.22. The Morgan fingerprint density at radius 1 is 1.39 bits per heavy atom. The number of halogens is 1. The molecular formula is C10H4ClN5O2. The first-order valence-corrected chi connectivity index (χ1v) is 5.23. The van der Waals surface area contributed by atoms with Gasteiger partial charge in [-0.2, -0.15) is 5.26 Å². The Kier molecular flexibility index (Phi) is 2.02. The van der Waals surface area contributed by atoms with Gasteiger partial charge in [-0.1, -0.05) is 11.6 Å². The number of fused-ring (bicyclic) bond motifs is 3. The van der Waals surface area contributed by atoms with E-state index in [9.17, 15) is 9.59 Å². The van der Waals surface area contributed by atoms with E-state index < -0.39 is 11.2 Å². The van der Waals surface area contributed by atoms with E-state index >= 15 is 0 Å². The number of hydrogen-bond donors (Lipinski definition) is 2. The fraction of sp³-hybridized carbons (Fsp3) is 0. The molecule has 2 aromatic heterocycles. The van der Waals surface area contributed by atoms with Gasteiger partial charge in [0.1, 0.15) is 6.07 Å². The van der Waals surface area contributed by atoms with Crippen molar-refractivity contribution in [1.29, 1.82) is 5.26 Å². The molecule has 0 bridgehead atoms. The van der Waals surface area contributed by atoms with E-state index in [1.165, 1.54) is 6.07 Å². The summed E-state index contributed by atoms with van der Waals surface area (Å²) in [7, 11) is 0. The van der Waals surface area contributed by atoms with E-state index in [-0.39, 0.29) is 21.7 Å². The molecule has 1 aromatic carbocycles. The van der Waals surface area contributed by atoms with E-state index in [0.29, 0.717) is 5.52 Å². The molecular weight excluding hydrogens is 258 g/mol. The summed E-state index contributed by atoms with van der Waals surface area (Å²) >= 11 is 5.87. The zero-order valence-electron chi connectivity index (χ0n) is 8.69. The third kappa shape index (κ3) is 1.20. The second kappa shape index (κ2) is 3.45. The number of benzene rings is 1. The molecule has 0 fully saturated rings. The molecule has 0 saturated heterocycles. The summed E-state index contributed by atoms with van der Waals surface area (Å²) in [5, 5.41) is 15.0. The van der Waals surface area contributed by atoms with Gasteiger partial charge in [0.05, 0.1) is 21.6 Å². The van der Waals surface area contributed by atoms with Gasteiger partial charge < -0.3 is 4.98 Å². The summed E-state index contributed by atoms with van der Waals surface area (Å²) < 4.78 is 1.10. The average Bonchev–Trinajstić information content (AvgIpc) is 2.73. The number of aromatic amines is 2. The maximum atomic E-state index is 11.7. The normalized spacial score (nSPS) is 10.9. The molecule has 0 atom stereocenters. The fourth-order valence-electron chi connectivity index (χ4n) is 1.83. The van der Waals surface area contributed by atoms with Crippen LogP contribution in [-0.4, -0.2) is 19.6 Å². The Labute approximate surface area is 103 Å². The predicted molar refractivity (Wildman–Crippen MR) is 63.7 cm³/mol. The second-order valence-electron chi connectivity index (χ2n) is 3.57. The summed E-state index contributed by atoms with van der Waals surface area (Å²) in [5.41, 5.74) is -0.484. The lowest BCUT2D eigenvalue weighted by molar-refractivity contribution is 1.04. The van der Waals surface area contributed by atoms with Gasteiger partial charge in [0.15, 0.2) is 0 Å². The molecule has 3 rings (SSSR count).